The number of rotatable bonds is 1. The predicted molar refractivity (Wildman–Crippen MR) is 56.2 cm³/mol. The predicted octanol–water partition coefficient (Wildman–Crippen LogP) is 1.04. The molecule has 0 spiro atoms. The molecule has 0 unspecified atom stereocenters. The Balaban J connectivity index is 2.29. The molecule has 0 bridgehead atoms. The van der Waals surface area contributed by atoms with E-state index in [1.165, 1.54) is 0 Å². The molecule has 0 radical (unpaired) electrons. The lowest BCUT2D eigenvalue weighted by atomic mass is 9.76. The van der Waals surface area contributed by atoms with Crippen molar-refractivity contribution in [2.24, 2.45) is 0 Å². The molecule has 0 aromatic carbocycles. The van der Waals surface area contributed by atoms with E-state index in [1.54, 1.807) is 20.8 Å². The largest absolute Gasteiger partial charge is 0.444 e. The van der Waals surface area contributed by atoms with Crippen LogP contribution in [-0.2, 0) is 4.74 Å². The molecule has 4 heteroatoms. The maximum absolute atomic E-state index is 11.3. The monoisotopic (exact) mass is 211 g/mol. The summed E-state index contributed by atoms with van der Waals surface area (Å²) in [7, 11) is 0. The zero-order valence-electron chi connectivity index (χ0n) is 9.33. The molecular formula is C11H17NO3. The van der Waals surface area contributed by atoms with E-state index in [9.17, 15) is 9.90 Å². The summed E-state index contributed by atoms with van der Waals surface area (Å²) in [5, 5.41) is 12.2. The fourth-order valence-corrected chi connectivity index (χ4v) is 1.45. The van der Waals surface area contributed by atoms with Gasteiger partial charge in [0.15, 0.2) is 0 Å². The molecule has 15 heavy (non-hydrogen) atoms. The Hall–Kier alpha value is -1.21. The molecular weight excluding hydrogens is 194 g/mol. The van der Waals surface area contributed by atoms with E-state index >= 15 is 0 Å². The Kier molecular flexibility index (Phi) is 2.96. The molecule has 84 valence electrons. The van der Waals surface area contributed by atoms with E-state index < -0.39 is 17.3 Å². The van der Waals surface area contributed by atoms with E-state index in [0.29, 0.717) is 12.8 Å². The molecule has 0 heterocycles. The van der Waals surface area contributed by atoms with Crippen LogP contribution in [0.25, 0.3) is 0 Å². The van der Waals surface area contributed by atoms with Crippen LogP contribution >= 0.6 is 0 Å². The van der Waals surface area contributed by atoms with Gasteiger partial charge in [-0.3, -0.25) is 0 Å². The van der Waals surface area contributed by atoms with Gasteiger partial charge in [-0.25, -0.2) is 4.79 Å². The van der Waals surface area contributed by atoms with Gasteiger partial charge in [0.2, 0.25) is 0 Å². The van der Waals surface area contributed by atoms with Crippen LogP contribution in [0.2, 0.25) is 0 Å². The highest BCUT2D eigenvalue weighted by atomic mass is 16.6. The van der Waals surface area contributed by atoms with Crippen LogP contribution in [0.15, 0.2) is 0 Å². The van der Waals surface area contributed by atoms with E-state index in [-0.39, 0.29) is 6.04 Å². The first-order valence-electron chi connectivity index (χ1n) is 4.94. The van der Waals surface area contributed by atoms with Crippen LogP contribution in [0, 0.1) is 12.3 Å². The Bertz CT molecular complexity index is 292. The highest BCUT2D eigenvalue weighted by molar-refractivity contribution is 5.68. The number of amides is 1. The van der Waals surface area contributed by atoms with E-state index in [0.717, 1.165) is 0 Å². The van der Waals surface area contributed by atoms with Gasteiger partial charge in [-0.15, -0.1) is 6.42 Å². The summed E-state index contributed by atoms with van der Waals surface area (Å²) in [5.74, 6) is 2.29. The lowest BCUT2D eigenvalue weighted by Crippen LogP contribution is -2.55. The van der Waals surface area contributed by atoms with E-state index in [2.05, 4.69) is 11.2 Å². The summed E-state index contributed by atoms with van der Waals surface area (Å²) in [5.41, 5.74) is -1.55. The zero-order valence-corrected chi connectivity index (χ0v) is 9.33. The molecule has 1 aliphatic rings. The van der Waals surface area contributed by atoms with Gasteiger partial charge in [-0.2, -0.15) is 0 Å². The van der Waals surface area contributed by atoms with Crippen LogP contribution in [0.5, 0.6) is 0 Å². The van der Waals surface area contributed by atoms with Crippen molar-refractivity contribution < 1.29 is 14.6 Å². The second-order valence-corrected chi connectivity index (χ2v) is 4.93. The van der Waals surface area contributed by atoms with E-state index in [1.807, 2.05) is 0 Å². The molecule has 0 aromatic rings. The molecule has 4 nitrogen and oxygen atoms in total. The highest BCUT2D eigenvalue weighted by Gasteiger charge is 2.42. The van der Waals surface area contributed by atoms with Gasteiger partial charge in [-0.05, 0) is 20.8 Å². The summed E-state index contributed by atoms with van der Waals surface area (Å²) in [6, 6.07) is -0.0825. The maximum atomic E-state index is 11.3. The summed E-state index contributed by atoms with van der Waals surface area (Å²) < 4.78 is 5.06. The molecule has 0 atom stereocenters. The fraction of sp³-hybridized carbons (Fsp3) is 0.727. The van der Waals surface area contributed by atoms with Crippen LogP contribution < -0.4 is 5.32 Å². The lowest BCUT2D eigenvalue weighted by molar-refractivity contribution is -0.00933. The minimum Gasteiger partial charge on any atom is -0.444 e. The third-order valence-corrected chi connectivity index (χ3v) is 2.16. The van der Waals surface area contributed by atoms with Crippen molar-refractivity contribution in [2.75, 3.05) is 0 Å². The Labute approximate surface area is 90.0 Å². The summed E-state index contributed by atoms with van der Waals surface area (Å²) in [6.45, 7) is 5.39. The van der Waals surface area contributed by atoms with Crippen molar-refractivity contribution in [3.63, 3.8) is 0 Å². The second kappa shape index (κ2) is 3.74. The quantitative estimate of drug-likeness (QED) is 0.637. The van der Waals surface area contributed by atoms with Gasteiger partial charge in [0.25, 0.3) is 0 Å². The number of carbonyl (C=O) groups is 1. The number of aliphatic hydroxyl groups is 1. The average Bonchev–Trinajstić information content (AvgIpc) is 1.97. The number of carbonyl (C=O) groups excluding carboxylic acids is 1. The zero-order chi connectivity index (χ0) is 11.7. The molecule has 0 aromatic heterocycles. The molecule has 1 amide bonds. The molecule has 1 aliphatic carbocycles. The van der Waals surface area contributed by atoms with Gasteiger partial charge in [0, 0.05) is 18.9 Å². The van der Waals surface area contributed by atoms with Crippen molar-refractivity contribution in [1.29, 1.82) is 0 Å². The smallest absolute Gasteiger partial charge is 0.407 e. The first-order valence-corrected chi connectivity index (χ1v) is 4.94. The van der Waals surface area contributed by atoms with Gasteiger partial charge < -0.3 is 15.2 Å². The van der Waals surface area contributed by atoms with Crippen molar-refractivity contribution in [3.05, 3.63) is 0 Å². The van der Waals surface area contributed by atoms with Gasteiger partial charge in [0.1, 0.15) is 11.2 Å². The molecule has 1 fully saturated rings. The highest BCUT2D eigenvalue weighted by Crippen LogP contribution is 2.31. The number of alkyl carbamates (subject to hydrolysis) is 1. The minimum absolute atomic E-state index is 0.0825. The third-order valence-electron chi connectivity index (χ3n) is 2.16. The lowest BCUT2D eigenvalue weighted by Gasteiger charge is -2.40. The molecule has 1 saturated carbocycles. The SMILES string of the molecule is C#CC1(O)CC(NC(=O)OC(C)(C)C)C1. The first-order chi connectivity index (χ1) is 6.74. The molecule has 1 rings (SSSR count). The Morgan fingerprint density at radius 3 is 2.53 bits per heavy atom. The van der Waals surface area contributed by atoms with Crippen molar-refractivity contribution in [3.8, 4) is 12.3 Å². The Morgan fingerprint density at radius 2 is 2.13 bits per heavy atom. The van der Waals surface area contributed by atoms with Crippen LogP contribution in [-0.4, -0.2) is 28.4 Å². The van der Waals surface area contributed by atoms with Crippen LogP contribution in [0.3, 0.4) is 0 Å². The summed E-state index contributed by atoms with van der Waals surface area (Å²) >= 11 is 0. The van der Waals surface area contributed by atoms with Gasteiger partial charge >= 0.3 is 6.09 Å². The number of ether oxygens (including phenoxy) is 1. The minimum atomic E-state index is -1.04. The number of hydrogen-bond acceptors (Lipinski definition) is 3. The van der Waals surface area contributed by atoms with E-state index in [4.69, 9.17) is 11.2 Å². The van der Waals surface area contributed by atoms with Crippen LogP contribution in [0.1, 0.15) is 33.6 Å². The standard InChI is InChI=1S/C11H17NO3/c1-5-11(14)6-8(7-11)12-9(13)15-10(2,3)4/h1,8,14H,6-7H2,2-4H3,(H,12,13). The van der Waals surface area contributed by atoms with Crippen molar-refractivity contribution in [2.45, 2.75) is 50.9 Å². The normalized spacial score (nSPS) is 29.9. The first kappa shape index (κ1) is 11.9. The molecule has 0 saturated heterocycles. The van der Waals surface area contributed by atoms with Crippen molar-refractivity contribution >= 4 is 6.09 Å². The number of nitrogens with one attached hydrogen (secondary N) is 1. The molecule has 2 N–H and O–H groups in total. The topological polar surface area (TPSA) is 58.6 Å². The number of terminal acetylenes is 1. The average molecular weight is 211 g/mol. The van der Waals surface area contributed by atoms with Crippen molar-refractivity contribution in [1.82, 2.24) is 5.32 Å². The second-order valence-electron chi connectivity index (χ2n) is 4.93. The number of hydrogen-bond donors (Lipinski definition) is 2. The third kappa shape index (κ3) is 3.45. The maximum Gasteiger partial charge on any atom is 0.407 e. The molecule has 0 aliphatic heterocycles. The summed E-state index contributed by atoms with van der Waals surface area (Å²) in [4.78, 5) is 11.3. The summed E-state index contributed by atoms with van der Waals surface area (Å²) in [6.07, 6.45) is 5.44. The Morgan fingerprint density at radius 1 is 1.60 bits per heavy atom. The van der Waals surface area contributed by atoms with Gasteiger partial charge in [0.05, 0.1) is 0 Å². The van der Waals surface area contributed by atoms with Crippen LogP contribution in [0.4, 0.5) is 4.79 Å². The van der Waals surface area contributed by atoms with Gasteiger partial charge in [-0.1, -0.05) is 5.92 Å². The fourth-order valence-electron chi connectivity index (χ4n) is 1.45.